The van der Waals surface area contributed by atoms with E-state index >= 15 is 0 Å². The fourth-order valence-corrected chi connectivity index (χ4v) is 2.84. The Balaban J connectivity index is 1.88. The Morgan fingerprint density at radius 3 is 2.83 bits per heavy atom. The van der Waals surface area contributed by atoms with Crippen molar-refractivity contribution in [2.75, 3.05) is 20.3 Å². The van der Waals surface area contributed by atoms with Crippen molar-refractivity contribution in [3.63, 3.8) is 0 Å². The quantitative estimate of drug-likeness (QED) is 0.343. The van der Waals surface area contributed by atoms with Crippen LogP contribution in [-0.2, 0) is 11.8 Å². The zero-order valence-electron chi connectivity index (χ0n) is 16.5. The summed E-state index contributed by atoms with van der Waals surface area (Å²) in [5.41, 5.74) is -0.220. The second kappa shape index (κ2) is 9.10. The number of aryl methyl sites for hydroxylation is 1. The molecule has 0 spiro atoms. The number of ether oxygens (including phenoxy) is 1. The van der Waals surface area contributed by atoms with E-state index in [1.165, 1.54) is 31.0 Å². The monoisotopic (exact) mass is 408 g/mol. The van der Waals surface area contributed by atoms with Gasteiger partial charge in [-0.1, -0.05) is 6.07 Å². The molecule has 2 N–H and O–H groups in total. The molecule has 0 bridgehead atoms. The number of aromatic hydroxyl groups is 1. The lowest BCUT2D eigenvalue weighted by molar-refractivity contribution is 0.0931. The number of ketones is 1. The predicted octanol–water partition coefficient (Wildman–Crippen LogP) is 1.31. The van der Waals surface area contributed by atoms with Gasteiger partial charge in [0.1, 0.15) is 22.7 Å². The van der Waals surface area contributed by atoms with Gasteiger partial charge in [0.25, 0.3) is 11.5 Å². The zero-order valence-corrected chi connectivity index (χ0v) is 16.5. The summed E-state index contributed by atoms with van der Waals surface area (Å²) < 4.78 is 6.09. The zero-order chi connectivity index (χ0) is 21.7. The van der Waals surface area contributed by atoms with Gasteiger partial charge in [0, 0.05) is 26.9 Å². The molecule has 3 heterocycles. The van der Waals surface area contributed by atoms with Gasteiger partial charge in [-0.15, -0.1) is 0 Å². The smallest absolute Gasteiger partial charge is 0.269 e. The highest BCUT2D eigenvalue weighted by atomic mass is 16.5. The van der Waals surface area contributed by atoms with Crippen LogP contribution in [-0.4, -0.2) is 51.6 Å². The van der Waals surface area contributed by atoms with Crippen molar-refractivity contribution in [1.29, 1.82) is 0 Å². The first-order valence-corrected chi connectivity index (χ1v) is 9.07. The molecule has 0 saturated carbocycles. The second-order valence-electron chi connectivity index (χ2n) is 6.36. The van der Waals surface area contributed by atoms with Gasteiger partial charge in [-0.3, -0.25) is 19.0 Å². The molecule has 3 aromatic rings. The minimum Gasteiger partial charge on any atom is -0.506 e. The Hall–Kier alpha value is -3.85. The van der Waals surface area contributed by atoms with Crippen LogP contribution in [0.3, 0.4) is 0 Å². The molecule has 0 aliphatic rings. The molecular formula is C21H20N4O5. The van der Waals surface area contributed by atoms with E-state index in [0.29, 0.717) is 24.2 Å². The third-order valence-corrected chi connectivity index (χ3v) is 4.36. The number of nitrogens with zero attached hydrogens (tertiary/aromatic N) is 3. The van der Waals surface area contributed by atoms with E-state index in [0.717, 1.165) is 6.08 Å². The van der Waals surface area contributed by atoms with Crippen LogP contribution in [0.1, 0.15) is 26.5 Å². The number of aromatic nitrogens is 3. The molecule has 0 aliphatic carbocycles. The standard InChI is InChI=1S/C21H20N4O5/c1-25-19-14(6-4-10-22-19)18(27)17(21(25)29)16(26)9-8-13-5-3-7-15(24-13)20(28)23-11-12-30-2/h3-10,27H,11-12H2,1-2H3,(H,23,28)/b9-8+. The Morgan fingerprint density at radius 2 is 2.07 bits per heavy atom. The molecule has 3 aromatic heterocycles. The molecule has 0 atom stereocenters. The van der Waals surface area contributed by atoms with E-state index in [2.05, 4.69) is 15.3 Å². The lowest BCUT2D eigenvalue weighted by Gasteiger charge is -2.08. The van der Waals surface area contributed by atoms with Crippen LogP contribution >= 0.6 is 0 Å². The molecule has 9 nitrogen and oxygen atoms in total. The number of carbonyl (C=O) groups excluding carboxylic acids is 2. The highest BCUT2D eigenvalue weighted by molar-refractivity contribution is 6.10. The molecular weight excluding hydrogens is 388 g/mol. The minimum absolute atomic E-state index is 0.177. The summed E-state index contributed by atoms with van der Waals surface area (Å²) in [6.07, 6.45) is 4.00. The lowest BCUT2D eigenvalue weighted by Crippen LogP contribution is -2.27. The molecule has 1 amide bonds. The maximum atomic E-state index is 12.6. The SMILES string of the molecule is COCCNC(=O)c1cccc(/C=C/C(=O)c2c(O)c3cccnc3n(C)c2=O)n1. The molecule has 3 rings (SSSR count). The van der Waals surface area contributed by atoms with Crippen LogP contribution in [0, 0.1) is 0 Å². The summed E-state index contributed by atoms with van der Waals surface area (Å²) in [4.78, 5) is 45.5. The van der Waals surface area contributed by atoms with Gasteiger partial charge in [-0.25, -0.2) is 9.97 Å². The van der Waals surface area contributed by atoms with Crippen LogP contribution in [0.5, 0.6) is 5.75 Å². The topological polar surface area (TPSA) is 123 Å². The number of allylic oxidation sites excluding steroid dienone is 1. The van der Waals surface area contributed by atoms with Crippen LogP contribution < -0.4 is 10.9 Å². The van der Waals surface area contributed by atoms with Crippen LogP contribution in [0.4, 0.5) is 0 Å². The van der Waals surface area contributed by atoms with Crippen molar-refractivity contribution in [1.82, 2.24) is 19.9 Å². The fourth-order valence-electron chi connectivity index (χ4n) is 2.84. The van der Waals surface area contributed by atoms with Crippen molar-refractivity contribution < 1.29 is 19.4 Å². The number of nitrogens with one attached hydrogen (secondary N) is 1. The number of hydrogen-bond acceptors (Lipinski definition) is 7. The van der Waals surface area contributed by atoms with Crippen molar-refractivity contribution in [2.24, 2.45) is 7.05 Å². The van der Waals surface area contributed by atoms with Gasteiger partial charge in [0.05, 0.1) is 17.7 Å². The molecule has 0 aromatic carbocycles. The summed E-state index contributed by atoms with van der Waals surface area (Å²) in [5, 5.41) is 13.4. The normalized spacial score (nSPS) is 11.1. The summed E-state index contributed by atoms with van der Waals surface area (Å²) in [5.74, 6) is -1.48. The van der Waals surface area contributed by atoms with E-state index in [9.17, 15) is 19.5 Å². The first-order valence-electron chi connectivity index (χ1n) is 9.07. The number of methoxy groups -OCH3 is 1. The molecule has 0 saturated heterocycles. The maximum absolute atomic E-state index is 12.6. The van der Waals surface area contributed by atoms with E-state index < -0.39 is 17.1 Å². The van der Waals surface area contributed by atoms with Gasteiger partial charge in [0.15, 0.2) is 5.78 Å². The Bertz CT molecular complexity index is 1200. The Labute approximate surface area is 171 Å². The third-order valence-electron chi connectivity index (χ3n) is 4.36. The highest BCUT2D eigenvalue weighted by Gasteiger charge is 2.19. The Kier molecular flexibility index (Phi) is 6.33. The van der Waals surface area contributed by atoms with E-state index in [-0.39, 0.29) is 22.8 Å². The maximum Gasteiger partial charge on any atom is 0.269 e. The van der Waals surface area contributed by atoms with Gasteiger partial charge >= 0.3 is 0 Å². The first kappa shape index (κ1) is 20.9. The molecule has 30 heavy (non-hydrogen) atoms. The molecule has 0 aliphatic heterocycles. The number of amides is 1. The fraction of sp³-hybridized carbons (Fsp3) is 0.190. The number of rotatable bonds is 7. The predicted molar refractivity (Wildman–Crippen MR) is 110 cm³/mol. The lowest BCUT2D eigenvalue weighted by atomic mass is 10.1. The highest BCUT2D eigenvalue weighted by Crippen LogP contribution is 2.25. The second-order valence-corrected chi connectivity index (χ2v) is 6.36. The average Bonchev–Trinajstić information content (AvgIpc) is 2.76. The number of pyridine rings is 3. The molecule has 0 unspecified atom stereocenters. The average molecular weight is 408 g/mol. The molecule has 0 radical (unpaired) electrons. The van der Waals surface area contributed by atoms with E-state index in [4.69, 9.17) is 4.74 Å². The van der Waals surface area contributed by atoms with Crippen molar-refractivity contribution >= 4 is 28.8 Å². The van der Waals surface area contributed by atoms with Gasteiger partial charge < -0.3 is 15.2 Å². The summed E-state index contributed by atoms with van der Waals surface area (Å²) in [6, 6.07) is 7.95. The molecule has 9 heteroatoms. The summed E-state index contributed by atoms with van der Waals surface area (Å²) in [7, 11) is 3.01. The van der Waals surface area contributed by atoms with Gasteiger partial charge in [0.2, 0.25) is 0 Å². The summed E-state index contributed by atoms with van der Waals surface area (Å²) in [6.45, 7) is 0.717. The Morgan fingerprint density at radius 1 is 1.27 bits per heavy atom. The van der Waals surface area contributed by atoms with Crippen molar-refractivity contribution in [3.8, 4) is 5.75 Å². The molecule has 0 fully saturated rings. The van der Waals surface area contributed by atoms with Crippen LogP contribution in [0.15, 0.2) is 47.4 Å². The minimum atomic E-state index is -0.685. The molecule has 154 valence electrons. The van der Waals surface area contributed by atoms with Gasteiger partial charge in [-0.2, -0.15) is 0 Å². The van der Waals surface area contributed by atoms with E-state index in [1.807, 2.05) is 0 Å². The van der Waals surface area contributed by atoms with Crippen LogP contribution in [0.25, 0.3) is 17.1 Å². The van der Waals surface area contributed by atoms with Crippen molar-refractivity contribution in [3.05, 3.63) is 69.9 Å². The number of carbonyl (C=O) groups is 2. The number of hydrogen-bond donors (Lipinski definition) is 2. The van der Waals surface area contributed by atoms with Crippen LogP contribution in [0.2, 0.25) is 0 Å². The third kappa shape index (κ3) is 4.26. The summed E-state index contributed by atoms with van der Waals surface area (Å²) >= 11 is 0. The first-order chi connectivity index (χ1) is 14.4. The van der Waals surface area contributed by atoms with Crippen molar-refractivity contribution in [2.45, 2.75) is 0 Å². The largest absolute Gasteiger partial charge is 0.506 e. The van der Waals surface area contributed by atoms with E-state index in [1.54, 1.807) is 30.3 Å². The number of fused-ring (bicyclic) bond motifs is 1. The van der Waals surface area contributed by atoms with Gasteiger partial charge in [-0.05, 0) is 36.4 Å².